The number of rotatable bonds is 5. The third kappa shape index (κ3) is 3.36. The third-order valence-electron chi connectivity index (χ3n) is 2.96. The van der Waals surface area contributed by atoms with Crippen LogP contribution in [0.15, 0.2) is 46.9 Å². The maximum Gasteiger partial charge on any atom is 0.128 e. The summed E-state index contributed by atoms with van der Waals surface area (Å²) in [6.07, 6.45) is 0. The number of benzene rings is 2. The molecule has 1 atom stereocenters. The molecule has 2 rings (SSSR count). The number of hydrazine groups is 1. The molecule has 0 aliphatic rings. The van der Waals surface area contributed by atoms with Gasteiger partial charge in [0.05, 0.1) is 12.6 Å². The lowest BCUT2D eigenvalue weighted by Crippen LogP contribution is -2.29. The van der Waals surface area contributed by atoms with E-state index in [1.807, 2.05) is 31.2 Å². The zero-order chi connectivity index (χ0) is 14.5. The largest absolute Gasteiger partial charge is 0.494 e. The van der Waals surface area contributed by atoms with E-state index >= 15 is 0 Å². The first-order valence-corrected chi connectivity index (χ1v) is 7.08. The first-order valence-electron chi connectivity index (χ1n) is 6.29. The molecule has 0 saturated carbocycles. The van der Waals surface area contributed by atoms with Crippen molar-refractivity contribution in [1.82, 2.24) is 5.43 Å². The van der Waals surface area contributed by atoms with E-state index in [0.29, 0.717) is 12.2 Å². The molecule has 2 aromatic rings. The zero-order valence-corrected chi connectivity index (χ0v) is 12.7. The van der Waals surface area contributed by atoms with E-state index in [1.54, 1.807) is 12.1 Å². The Kier molecular flexibility index (Phi) is 5.11. The van der Waals surface area contributed by atoms with Crippen LogP contribution < -0.4 is 16.0 Å². The number of hydrogen-bond donors (Lipinski definition) is 2. The number of ether oxygens (including phenoxy) is 1. The minimum atomic E-state index is -0.414. The van der Waals surface area contributed by atoms with Gasteiger partial charge in [-0.15, -0.1) is 0 Å². The standard InChI is InChI=1S/C15H16BrFN2O/c1-2-20-12-6-3-10(4-7-12)15(19-18)13-9-11(16)5-8-14(13)17/h3-9,15,19H,2,18H2,1H3. The number of nitrogens with one attached hydrogen (secondary N) is 1. The Morgan fingerprint density at radius 1 is 1.25 bits per heavy atom. The lowest BCUT2D eigenvalue weighted by Gasteiger charge is -2.18. The summed E-state index contributed by atoms with van der Waals surface area (Å²) in [5, 5.41) is 0. The van der Waals surface area contributed by atoms with Crippen molar-refractivity contribution in [3.8, 4) is 5.75 Å². The SMILES string of the molecule is CCOc1ccc(C(NN)c2cc(Br)ccc2F)cc1. The van der Waals surface area contributed by atoms with Crippen molar-refractivity contribution in [2.75, 3.05) is 6.61 Å². The minimum absolute atomic E-state index is 0.301. The van der Waals surface area contributed by atoms with Crippen molar-refractivity contribution in [2.24, 2.45) is 5.84 Å². The molecule has 5 heteroatoms. The predicted molar refractivity (Wildman–Crippen MR) is 80.9 cm³/mol. The molecule has 0 amide bonds. The summed E-state index contributed by atoms with van der Waals surface area (Å²) in [5.41, 5.74) is 4.01. The van der Waals surface area contributed by atoms with Gasteiger partial charge in [0, 0.05) is 10.0 Å². The van der Waals surface area contributed by atoms with E-state index in [1.165, 1.54) is 6.07 Å². The van der Waals surface area contributed by atoms with E-state index < -0.39 is 6.04 Å². The fourth-order valence-electron chi connectivity index (χ4n) is 2.02. The van der Waals surface area contributed by atoms with Crippen molar-refractivity contribution in [1.29, 1.82) is 0 Å². The molecule has 0 heterocycles. The van der Waals surface area contributed by atoms with E-state index in [-0.39, 0.29) is 5.82 Å². The van der Waals surface area contributed by atoms with Gasteiger partial charge in [0.1, 0.15) is 11.6 Å². The molecule has 0 aliphatic heterocycles. The molecule has 20 heavy (non-hydrogen) atoms. The highest BCUT2D eigenvalue weighted by Gasteiger charge is 2.17. The molecule has 106 valence electrons. The second-order valence-corrected chi connectivity index (χ2v) is 5.18. The Bertz CT molecular complexity index is 575. The summed E-state index contributed by atoms with van der Waals surface area (Å²) in [4.78, 5) is 0. The molecule has 1 unspecified atom stereocenters. The molecule has 0 aliphatic carbocycles. The van der Waals surface area contributed by atoms with Crippen LogP contribution in [0.1, 0.15) is 24.1 Å². The van der Waals surface area contributed by atoms with E-state index in [2.05, 4.69) is 21.4 Å². The molecule has 0 bridgehead atoms. The highest BCUT2D eigenvalue weighted by molar-refractivity contribution is 9.10. The number of hydrogen-bond acceptors (Lipinski definition) is 3. The van der Waals surface area contributed by atoms with Crippen LogP contribution in [0.4, 0.5) is 4.39 Å². The molecule has 0 fully saturated rings. The van der Waals surface area contributed by atoms with Crippen LogP contribution in [0.5, 0.6) is 5.75 Å². The average molecular weight is 339 g/mol. The zero-order valence-electron chi connectivity index (χ0n) is 11.1. The van der Waals surface area contributed by atoms with Gasteiger partial charge in [-0.05, 0) is 42.8 Å². The minimum Gasteiger partial charge on any atom is -0.494 e. The van der Waals surface area contributed by atoms with Crippen LogP contribution in [0, 0.1) is 5.82 Å². The predicted octanol–water partition coefficient (Wildman–Crippen LogP) is 3.54. The molecule has 0 spiro atoms. The first kappa shape index (κ1) is 15.0. The maximum atomic E-state index is 14.0. The molecule has 3 N–H and O–H groups in total. The van der Waals surface area contributed by atoms with E-state index in [4.69, 9.17) is 10.6 Å². The molecular formula is C15H16BrFN2O. The molecule has 0 saturated heterocycles. The van der Waals surface area contributed by atoms with Gasteiger partial charge in [0.25, 0.3) is 0 Å². The smallest absolute Gasteiger partial charge is 0.128 e. The van der Waals surface area contributed by atoms with Gasteiger partial charge in [-0.1, -0.05) is 28.1 Å². The van der Waals surface area contributed by atoms with E-state index in [9.17, 15) is 4.39 Å². The Balaban J connectivity index is 2.34. The summed E-state index contributed by atoms with van der Waals surface area (Å²) in [6.45, 7) is 2.53. The Labute approximate surface area is 126 Å². The van der Waals surface area contributed by atoms with Gasteiger partial charge in [-0.25, -0.2) is 9.82 Å². The van der Waals surface area contributed by atoms with Crippen LogP contribution in [0.2, 0.25) is 0 Å². The first-order chi connectivity index (χ1) is 9.65. The highest BCUT2D eigenvalue weighted by atomic mass is 79.9. The van der Waals surface area contributed by atoms with Gasteiger partial charge in [0.2, 0.25) is 0 Å². The van der Waals surface area contributed by atoms with Gasteiger partial charge < -0.3 is 4.74 Å². The molecule has 0 aromatic heterocycles. The Morgan fingerprint density at radius 2 is 1.95 bits per heavy atom. The summed E-state index contributed by atoms with van der Waals surface area (Å²) in [5.74, 6) is 6.07. The van der Waals surface area contributed by atoms with Crippen molar-refractivity contribution in [3.05, 3.63) is 63.9 Å². The summed E-state index contributed by atoms with van der Waals surface area (Å²) in [7, 11) is 0. The Morgan fingerprint density at radius 3 is 2.55 bits per heavy atom. The van der Waals surface area contributed by atoms with Crippen molar-refractivity contribution >= 4 is 15.9 Å². The normalized spacial score (nSPS) is 12.2. The van der Waals surface area contributed by atoms with Crippen LogP contribution in [0.3, 0.4) is 0 Å². The summed E-state index contributed by atoms with van der Waals surface area (Å²) in [6, 6.07) is 11.8. The fourth-order valence-corrected chi connectivity index (χ4v) is 2.40. The van der Waals surface area contributed by atoms with Crippen molar-refractivity contribution in [3.63, 3.8) is 0 Å². The highest BCUT2D eigenvalue weighted by Crippen LogP contribution is 2.27. The quantitative estimate of drug-likeness (QED) is 0.647. The monoisotopic (exact) mass is 338 g/mol. The summed E-state index contributed by atoms with van der Waals surface area (Å²) < 4.78 is 20.1. The van der Waals surface area contributed by atoms with Crippen molar-refractivity contribution in [2.45, 2.75) is 13.0 Å². The molecule has 3 nitrogen and oxygen atoms in total. The summed E-state index contributed by atoms with van der Waals surface area (Å²) >= 11 is 3.34. The number of nitrogens with two attached hydrogens (primary N) is 1. The van der Waals surface area contributed by atoms with Gasteiger partial charge in [0.15, 0.2) is 0 Å². The number of halogens is 2. The second kappa shape index (κ2) is 6.83. The van der Waals surface area contributed by atoms with Crippen LogP contribution >= 0.6 is 15.9 Å². The third-order valence-corrected chi connectivity index (χ3v) is 3.45. The Hall–Kier alpha value is -1.43. The van der Waals surface area contributed by atoms with E-state index in [0.717, 1.165) is 15.8 Å². The fraction of sp³-hybridized carbons (Fsp3) is 0.200. The lowest BCUT2D eigenvalue weighted by atomic mass is 9.99. The second-order valence-electron chi connectivity index (χ2n) is 4.27. The molecular weight excluding hydrogens is 323 g/mol. The van der Waals surface area contributed by atoms with Gasteiger partial charge >= 0.3 is 0 Å². The van der Waals surface area contributed by atoms with Gasteiger partial charge in [-0.3, -0.25) is 5.84 Å². The average Bonchev–Trinajstić information content (AvgIpc) is 2.45. The topological polar surface area (TPSA) is 47.3 Å². The van der Waals surface area contributed by atoms with Gasteiger partial charge in [-0.2, -0.15) is 0 Å². The molecule has 2 aromatic carbocycles. The van der Waals surface area contributed by atoms with Crippen LogP contribution in [-0.4, -0.2) is 6.61 Å². The van der Waals surface area contributed by atoms with Crippen molar-refractivity contribution < 1.29 is 9.13 Å². The van der Waals surface area contributed by atoms with Crippen LogP contribution in [0.25, 0.3) is 0 Å². The lowest BCUT2D eigenvalue weighted by molar-refractivity contribution is 0.340. The maximum absolute atomic E-state index is 14.0. The van der Waals surface area contributed by atoms with Crippen LogP contribution in [-0.2, 0) is 0 Å². The molecule has 0 radical (unpaired) electrons.